The zero-order chi connectivity index (χ0) is 33.4. The molecule has 1 nitrogen and oxygen atoms in total. The summed E-state index contributed by atoms with van der Waals surface area (Å²) < 4.78 is 0. The molecule has 1 N–H and O–H groups in total. The first kappa shape index (κ1) is 30.9. The van der Waals surface area contributed by atoms with E-state index in [1.165, 1.54) is 98.0 Å². The van der Waals surface area contributed by atoms with Crippen LogP contribution in [0.15, 0.2) is 152 Å². The van der Waals surface area contributed by atoms with Gasteiger partial charge in [0.15, 0.2) is 0 Å². The fourth-order valence-electron chi connectivity index (χ4n) is 8.25. The molecule has 0 radical (unpaired) electrons. The largest absolute Gasteiger partial charge is 0.356 e. The van der Waals surface area contributed by atoms with Crippen LogP contribution < -0.4 is 5.32 Å². The van der Waals surface area contributed by atoms with Crippen LogP contribution in [0.1, 0.15) is 72.4 Å². The molecule has 0 fully saturated rings. The predicted octanol–water partition coefficient (Wildman–Crippen LogP) is 13.3. The lowest BCUT2D eigenvalue weighted by molar-refractivity contribution is 0.669. The Morgan fingerprint density at radius 1 is 0.592 bits per heavy atom. The van der Waals surface area contributed by atoms with Crippen molar-refractivity contribution >= 4 is 17.5 Å². The van der Waals surface area contributed by atoms with Gasteiger partial charge in [0.1, 0.15) is 0 Å². The first-order valence-corrected chi connectivity index (χ1v) is 17.9. The summed E-state index contributed by atoms with van der Waals surface area (Å²) in [6, 6.07) is 49.5. The molecule has 0 heterocycles. The Labute approximate surface area is 291 Å². The Balaban J connectivity index is 1.07. The first-order valence-electron chi connectivity index (χ1n) is 17.9. The molecule has 0 bridgehead atoms. The SMILES string of the molecule is C=C(/C=C/c1ccc(-c2ccc(Nc3ccc4c(c3)C3(c5ccccc5-c5ccccc53)c3ccccc3-4)cc2C)cc1)CCCCCC. The number of hydrogen-bond acceptors (Lipinski definition) is 1. The van der Waals surface area contributed by atoms with Gasteiger partial charge < -0.3 is 5.32 Å². The van der Waals surface area contributed by atoms with Gasteiger partial charge in [-0.15, -0.1) is 0 Å². The number of unbranched alkanes of at least 4 members (excludes halogenated alkanes) is 3. The summed E-state index contributed by atoms with van der Waals surface area (Å²) in [5.41, 5.74) is 18.8. The number of nitrogens with one attached hydrogen (secondary N) is 1. The van der Waals surface area contributed by atoms with Gasteiger partial charge in [0.05, 0.1) is 5.41 Å². The number of rotatable bonds is 10. The van der Waals surface area contributed by atoms with Crippen molar-refractivity contribution in [1.82, 2.24) is 0 Å². The smallest absolute Gasteiger partial charge is 0.0726 e. The van der Waals surface area contributed by atoms with Crippen LogP contribution in [-0.4, -0.2) is 0 Å². The summed E-state index contributed by atoms with van der Waals surface area (Å²) in [5, 5.41) is 3.77. The topological polar surface area (TPSA) is 12.0 Å². The molecule has 8 rings (SSSR count). The van der Waals surface area contributed by atoms with Crippen LogP contribution in [0, 0.1) is 6.92 Å². The van der Waals surface area contributed by atoms with Crippen molar-refractivity contribution in [1.29, 1.82) is 0 Å². The zero-order valence-corrected chi connectivity index (χ0v) is 28.6. The molecular formula is C48H43N. The summed E-state index contributed by atoms with van der Waals surface area (Å²) >= 11 is 0. The molecule has 49 heavy (non-hydrogen) atoms. The minimum absolute atomic E-state index is 0.334. The second-order valence-corrected chi connectivity index (χ2v) is 13.7. The van der Waals surface area contributed by atoms with Crippen molar-refractivity contribution in [3.63, 3.8) is 0 Å². The van der Waals surface area contributed by atoms with Gasteiger partial charge in [-0.3, -0.25) is 0 Å². The van der Waals surface area contributed by atoms with E-state index in [9.17, 15) is 0 Å². The van der Waals surface area contributed by atoms with E-state index in [0.29, 0.717) is 0 Å². The van der Waals surface area contributed by atoms with E-state index in [1.807, 2.05) is 0 Å². The van der Waals surface area contributed by atoms with Crippen molar-refractivity contribution < 1.29 is 0 Å². The highest BCUT2D eigenvalue weighted by atomic mass is 14.9. The van der Waals surface area contributed by atoms with Crippen LogP contribution in [0.3, 0.4) is 0 Å². The molecular weight excluding hydrogens is 591 g/mol. The molecule has 0 amide bonds. The summed E-state index contributed by atoms with van der Waals surface area (Å²) in [5.74, 6) is 0. The summed E-state index contributed by atoms with van der Waals surface area (Å²) in [7, 11) is 0. The van der Waals surface area contributed by atoms with Crippen LogP contribution >= 0.6 is 0 Å². The molecule has 0 saturated carbocycles. The van der Waals surface area contributed by atoms with Crippen LogP contribution in [0.2, 0.25) is 0 Å². The molecule has 0 aliphatic heterocycles. The molecule has 2 aliphatic rings. The van der Waals surface area contributed by atoms with Gasteiger partial charge in [-0.2, -0.15) is 0 Å². The standard InChI is InChI=1S/C48H43N/c1-4-5-6-7-14-33(2)21-22-35-23-25-36(26-24-35)39-29-27-37(31-34(39)3)49-38-28-30-43-42-17-10-13-20-46(42)48(47(43)32-38)44-18-11-8-15-40(44)41-16-9-12-19-45(41)48/h8-13,15-32,49H,2,4-7,14H2,1,3H3/b22-21+. The Morgan fingerprint density at radius 3 is 1.73 bits per heavy atom. The summed E-state index contributed by atoms with van der Waals surface area (Å²) in [4.78, 5) is 0. The average molecular weight is 634 g/mol. The van der Waals surface area contributed by atoms with E-state index >= 15 is 0 Å². The maximum atomic E-state index is 4.25. The number of allylic oxidation sites excluding steroid dienone is 2. The van der Waals surface area contributed by atoms with Crippen molar-refractivity contribution in [3.8, 4) is 33.4 Å². The van der Waals surface area contributed by atoms with Gasteiger partial charge in [0, 0.05) is 11.4 Å². The number of aryl methyl sites for hydroxylation is 1. The van der Waals surface area contributed by atoms with Crippen LogP contribution in [0.4, 0.5) is 11.4 Å². The normalized spacial score (nSPS) is 13.3. The van der Waals surface area contributed by atoms with Crippen molar-refractivity contribution in [3.05, 3.63) is 185 Å². The van der Waals surface area contributed by atoms with E-state index < -0.39 is 0 Å². The highest BCUT2D eigenvalue weighted by Gasteiger charge is 2.51. The molecule has 6 aromatic carbocycles. The van der Waals surface area contributed by atoms with Gasteiger partial charge in [0.25, 0.3) is 0 Å². The minimum Gasteiger partial charge on any atom is -0.356 e. The van der Waals surface area contributed by atoms with Crippen molar-refractivity contribution in [2.45, 2.75) is 51.4 Å². The van der Waals surface area contributed by atoms with Gasteiger partial charge in [-0.1, -0.05) is 160 Å². The Morgan fingerprint density at radius 2 is 1.14 bits per heavy atom. The highest BCUT2D eigenvalue weighted by molar-refractivity contribution is 5.95. The Hall–Kier alpha value is -5.40. The molecule has 240 valence electrons. The van der Waals surface area contributed by atoms with Crippen LogP contribution in [-0.2, 0) is 5.41 Å². The van der Waals surface area contributed by atoms with Crippen molar-refractivity contribution in [2.24, 2.45) is 0 Å². The van der Waals surface area contributed by atoms with Gasteiger partial charge >= 0.3 is 0 Å². The number of benzene rings is 6. The molecule has 0 saturated heterocycles. The van der Waals surface area contributed by atoms with Crippen LogP contribution in [0.25, 0.3) is 39.5 Å². The number of fused-ring (bicyclic) bond motifs is 10. The molecule has 1 heteroatoms. The summed E-state index contributed by atoms with van der Waals surface area (Å²) in [6.45, 7) is 8.71. The second kappa shape index (κ2) is 12.9. The quantitative estimate of drug-likeness (QED) is 0.117. The molecule has 1 spiro atoms. The van der Waals surface area contributed by atoms with Gasteiger partial charge in [-0.25, -0.2) is 0 Å². The molecule has 0 atom stereocenters. The predicted molar refractivity (Wildman–Crippen MR) is 210 cm³/mol. The third-order valence-corrected chi connectivity index (χ3v) is 10.6. The third-order valence-electron chi connectivity index (χ3n) is 10.6. The van der Waals surface area contributed by atoms with E-state index in [1.54, 1.807) is 0 Å². The molecule has 6 aromatic rings. The summed E-state index contributed by atoms with van der Waals surface area (Å²) in [6.07, 6.45) is 10.5. The highest BCUT2D eigenvalue weighted by Crippen LogP contribution is 2.62. The van der Waals surface area contributed by atoms with Gasteiger partial charge in [-0.05, 0) is 111 Å². The lowest BCUT2D eigenvalue weighted by Crippen LogP contribution is -2.25. The molecule has 2 aliphatic carbocycles. The maximum Gasteiger partial charge on any atom is 0.0726 e. The first-order chi connectivity index (χ1) is 24.1. The number of hydrogen-bond donors (Lipinski definition) is 1. The lowest BCUT2D eigenvalue weighted by Gasteiger charge is -2.30. The van der Waals surface area contributed by atoms with E-state index in [0.717, 1.165) is 17.8 Å². The van der Waals surface area contributed by atoms with E-state index in [2.05, 4.69) is 171 Å². The Bertz CT molecular complexity index is 2150. The fraction of sp³-hybridized carbons (Fsp3) is 0.167. The molecule has 0 unspecified atom stereocenters. The van der Waals surface area contributed by atoms with E-state index in [-0.39, 0.29) is 5.41 Å². The minimum atomic E-state index is -0.334. The Kier molecular flexibility index (Phi) is 8.14. The van der Waals surface area contributed by atoms with Crippen LogP contribution in [0.5, 0.6) is 0 Å². The van der Waals surface area contributed by atoms with Gasteiger partial charge in [0.2, 0.25) is 0 Å². The lowest BCUT2D eigenvalue weighted by atomic mass is 9.70. The molecule has 0 aromatic heterocycles. The maximum absolute atomic E-state index is 4.25. The number of anilines is 2. The third kappa shape index (κ3) is 5.35. The van der Waals surface area contributed by atoms with Crippen molar-refractivity contribution in [2.75, 3.05) is 5.32 Å². The monoisotopic (exact) mass is 633 g/mol. The fourth-order valence-corrected chi connectivity index (χ4v) is 8.25. The van der Waals surface area contributed by atoms with E-state index in [4.69, 9.17) is 0 Å². The second-order valence-electron chi connectivity index (χ2n) is 13.7. The zero-order valence-electron chi connectivity index (χ0n) is 28.6. The average Bonchev–Trinajstić information content (AvgIpc) is 3.60.